The summed E-state index contributed by atoms with van der Waals surface area (Å²) >= 11 is 6.82. The summed E-state index contributed by atoms with van der Waals surface area (Å²) in [5, 5.41) is 2.62. The van der Waals surface area contributed by atoms with Crippen LogP contribution in [-0.4, -0.2) is 67.2 Å². The number of fused-ring (bicyclic) bond motifs is 1. The van der Waals surface area contributed by atoms with E-state index in [2.05, 4.69) is 20.0 Å². The van der Waals surface area contributed by atoms with Gasteiger partial charge >= 0.3 is 13.7 Å². The average molecular weight is 577 g/mol. The molecule has 214 valence electrons. The van der Waals surface area contributed by atoms with E-state index in [4.69, 9.17) is 36.1 Å². The number of carbonyl (C=O) groups excluding carboxylic acids is 1. The van der Waals surface area contributed by atoms with E-state index in [0.717, 1.165) is 0 Å². The molecule has 1 aliphatic heterocycles. The maximum absolute atomic E-state index is 12.9. The Kier molecular flexibility index (Phi) is 9.33. The highest BCUT2D eigenvalue weighted by Crippen LogP contribution is 2.46. The third kappa shape index (κ3) is 7.34. The number of hydrogen-bond acceptors (Lipinski definition) is 10. The van der Waals surface area contributed by atoms with Gasteiger partial charge in [-0.25, -0.2) is 14.6 Å². The molecule has 13 nitrogen and oxygen atoms in total. The molecular weight excluding hydrogens is 539 g/mol. The van der Waals surface area contributed by atoms with E-state index in [-0.39, 0.29) is 31.0 Å². The molecule has 0 aliphatic carbocycles. The number of imidazole rings is 1. The molecule has 1 saturated heterocycles. The molecule has 2 aromatic rings. The Morgan fingerprint density at radius 3 is 2.71 bits per heavy atom. The summed E-state index contributed by atoms with van der Waals surface area (Å²) in [4.78, 5) is 34.3. The Labute approximate surface area is 227 Å². The lowest BCUT2D eigenvalue weighted by molar-refractivity contribution is -0.148. The van der Waals surface area contributed by atoms with Gasteiger partial charge in [-0.1, -0.05) is 34.6 Å². The maximum Gasteiger partial charge on any atom is 0.403 e. The first kappa shape index (κ1) is 30.5. The number of nitrogens with zero attached hydrogens (tertiary/aromatic N) is 4. The van der Waals surface area contributed by atoms with E-state index in [0.29, 0.717) is 24.2 Å². The van der Waals surface area contributed by atoms with Crippen LogP contribution in [0.1, 0.15) is 61.1 Å². The van der Waals surface area contributed by atoms with Crippen LogP contribution in [0.3, 0.4) is 0 Å². The number of ether oxygens (including phenoxy) is 3. The summed E-state index contributed by atoms with van der Waals surface area (Å²) < 4.78 is 36.9. The van der Waals surface area contributed by atoms with Crippen LogP contribution in [0.15, 0.2) is 6.33 Å². The zero-order valence-electron chi connectivity index (χ0n) is 22.8. The van der Waals surface area contributed by atoms with Crippen LogP contribution >= 0.6 is 19.3 Å². The number of hydrogen-bond donors (Lipinski definition) is 3. The molecule has 38 heavy (non-hydrogen) atoms. The minimum absolute atomic E-state index is 0.0108. The molecule has 5 atom stereocenters. The second-order valence-corrected chi connectivity index (χ2v) is 13.3. The summed E-state index contributed by atoms with van der Waals surface area (Å²) in [7, 11) is -4.30. The largest absolute Gasteiger partial charge is 0.476 e. The van der Waals surface area contributed by atoms with Crippen molar-refractivity contribution >= 4 is 42.4 Å². The van der Waals surface area contributed by atoms with Crippen molar-refractivity contribution in [1.29, 1.82) is 0 Å². The SMILES string of the molecule is CCOc1nc(N)nc2c1ncn2C1OC(COP(=O)(O)NC(COC(=O)C(C)C)C(C)(C)C)CC1(C)Cl. The van der Waals surface area contributed by atoms with Gasteiger partial charge in [-0.2, -0.15) is 9.97 Å². The molecule has 3 heterocycles. The number of rotatable bonds is 11. The molecule has 0 spiro atoms. The third-order valence-corrected chi connectivity index (χ3v) is 7.54. The topological polar surface area (TPSA) is 173 Å². The van der Waals surface area contributed by atoms with Gasteiger partial charge in [-0.3, -0.25) is 13.9 Å². The van der Waals surface area contributed by atoms with Crippen LogP contribution in [0.5, 0.6) is 5.88 Å². The van der Waals surface area contributed by atoms with Gasteiger partial charge in [0.15, 0.2) is 17.4 Å². The molecule has 0 saturated carbocycles. The van der Waals surface area contributed by atoms with Crippen molar-refractivity contribution in [3.8, 4) is 5.88 Å². The van der Waals surface area contributed by atoms with Gasteiger partial charge in [-0.05, 0) is 25.7 Å². The van der Waals surface area contributed by atoms with Crippen molar-refractivity contribution in [2.45, 2.75) is 78.1 Å². The fourth-order valence-electron chi connectivity index (χ4n) is 3.92. The monoisotopic (exact) mass is 576 g/mol. The van der Waals surface area contributed by atoms with Gasteiger partial charge in [0.05, 0.1) is 42.5 Å². The standard InChI is InChI=1S/C23H38ClN6O7P/c1-8-34-18-16-17(27-21(25)28-18)30(12-26-16)20-23(7,24)9-14(37-20)10-36-38(32,33)29-15(22(4,5)6)11-35-19(31)13(2)3/h12-15,20H,8-11H2,1-7H3,(H2,25,27,28)(H2,29,32,33). The van der Waals surface area contributed by atoms with Gasteiger partial charge in [0.1, 0.15) is 6.61 Å². The minimum atomic E-state index is -4.30. The highest BCUT2D eigenvalue weighted by atomic mass is 35.5. The molecule has 5 unspecified atom stereocenters. The van der Waals surface area contributed by atoms with E-state index in [1.54, 1.807) is 25.3 Å². The molecule has 0 radical (unpaired) electrons. The van der Waals surface area contributed by atoms with Crippen molar-refractivity contribution in [3.63, 3.8) is 0 Å². The lowest BCUT2D eigenvalue weighted by Crippen LogP contribution is -2.43. The molecule has 1 fully saturated rings. The van der Waals surface area contributed by atoms with E-state index in [9.17, 15) is 14.3 Å². The van der Waals surface area contributed by atoms with Crippen molar-refractivity contribution in [1.82, 2.24) is 24.6 Å². The Hall–Kier alpha value is -2.02. The third-order valence-electron chi connectivity index (χ3n) is 6.07. The fourth-order valence-corrected chi connectivity index (χ4v) is 5.55. The van der Waals surface area contributed by atoms with Crippen LogP contribution in [0.25, 0.3) is 11.2 Å². The van der Waals surface area contributed by atoms with Crippen molar-refractivity contribution in [3.05, 3.63) is 6.33 Å². The number of halogens is 1. The normalized spacial score (nSPS) is 24.5. The van der Waals surface area contributed by atoms with Crippen LogP contribution in [-0.2, 0) is 23.4 Å². The van der Waals surface area contributed by atoms with Crippen LogP contribution < -0.4 is 15.6 Å². The minimum Gasteiger partial charge on any atom is -0.476 e. The number of carbonyl (C=O) groups is 1. The molecule has 4 N–H and O–H groups in total. The highest BCUT2D eigenvalue weighted by Gasteiger charge is 2.47. The lowest BCUT2D eigenvalue weighted by atomic mass is 9.88. The smallest absolute Gasteiger partial charge is 0.403 e. The van der Waals surface area contributed by atoms with Crippen molar-refractivity contribution in [2.24, 2.45) is 11.3 Å². The first-order valence-corrected chi connectivity index (χ1v) is 14.4. The molecule has 1 aliphatic rings. The Morgan fingerprint density at radius 2 is 2.11 bits per heavy atom. The summed E-state index contributed by atoms with van der Waals surface area (Å²) in [6.45, 7) is 12.7. The zero-order chi connectivity index (χ0) is 28.5. The maximum atomic E-state index is 12.9. The second-order valence-electron chi connectivity index (χ2n) is 10.9. The number of esters is 1. The average Bonchev–Trinajstić information content (AvgIpc) is 3.33. The van der Waals surface area contributed by atoms with E-state index < -0.39 is 42.4 Å². The lowest BCUT2D eigenvalue weighted by Gasteiger charge is -2.32. The number of anilines is 1. The van der Waals surface area contributed by atoms with E-state index in [1.165, 1.54) is 6.33 Å². The number of nitrogens with two attached hydrogens (primary N) is 1. The van der Waals surface area contributed by atoms with Crippen molar-refractivity contribution in [2.75, 3.05) is 25.6 Å². The molecule has 0 amide bonds. The second kappa shape index (κ2) is 11.6. The van der Waals surface area contributed by atoms with Gasteiger partial charge < -0.3 is 24.8 Å². The van der Waals surface area contributed by atoms with Crippen LogP contribution in [0, 0.1) is 11.3 Å². The summed E-state index contributed by atoms with van der Waals surface area (Å²) in [6, 6.07) is -0.640. The summed E-state index contributed by atoms with van der Waals surface area (Å²) in [5.74, 6) is -0.445. The molecule has 3 rings (SSSR count). The molecule has 0 aromatic carbocycles. The zero-order valence-corrected chi connectivity index (χ0v) is 24.5. The number of nitrogen functional groups attached to an aromatic ring is 1. The first-order valence-electron chi connectivity index (χ1n) is 12.4. The Bertz CT molecular complexity index is 1180. The van der Waals surface area contributed by atoms with Gasteiger partial charge in [0.2, 0.25) is 11.8 Å². The van der Waals surface area contributed by atoms with Gasteiger partial charge in [0.25, 0.3) is 0 Å². The predicted octanol–water partition coefficient (Wildman–Crippen LogP) is 3.41. The van der Waals surface area contributed by atoms with Gasteiger partial charge in [-0.15, -0.1) is 11.6 Å². The highest BCUT2D eigenvalue weighted by molar-refractivity contribution is 7.50. The Balaban J connectivity index is 1.70. The number of aromatic nitrogens is 4. The quantitative estimate of drug-likeness (QED) is 0.202. The van der Waals surface area contributed by atoms with E-state index in [1.807, 2.05) is 27.7 Å². The predicted molar refractivity (Wildman–Crippen MR) is 142 cm³/mol. The van der Waals surface area contributed by atoms with Crippen molar-refractivity contribution < 1.29 is 33.0 Å². The van der Waals surface area contributed by atoms with Gasteiger partial charge in [0, 0.05) is 0 Å². The summed E-state index contributed by atoms with van der Waals surface area (Å²) in [5.41, 5.74) is 6.16. The Morgan fingerprint density at radius 1 is 1.42 bits per heavy atom. The molecule has 15 heteroatoms. The van der Waals surface area contributed by atoms with Crippen LogP contribution in [0.2, 0.25) is 0 Å². The number of nitrogens with one attached hydrogen (secondary N) is 1. The van der Waals surface area contributed by atoms with Crippen LogP contribution in [0.4, 0.5) is 5.95 Å². The molecule has 2 aromatic heterocycles. The summed E-state index contributed by atoms with van der Waals surface area (Å²) in [6.07, 6.45) is 0.489. The first-order chi connectivity index (χ1) is 17.5. The molecular formula is C23H38ClN6O7P. The number of alkyl halides is 1. The fraction of sp³-hybridized carbons (Fsp3) is 0.739. The van der Waals surface area contributed by atoms with E-state index >= 15 is 0 Å². The molecule has 0 bridgehead atoms.